The smallest absolute Gasteiger partial charge is 0.216 e. The maximum atomic E-state index is 4.57. The molecule has 0 aliphatic rings. The van der Waals surface area contributed by atoms with E-state index in [0.717, 1.165) is 11.2 Å². The van der Waals surface area contributed by atoms with Crippen LogP contribution >= 0.6 is 0 Å². The number of anilines is 1. The van der Waals surface area contributed by atoms with Crippen LogP contribution in [0.1, 0.15) is 0 Å². The summed E-state index contributed by atoms with van der Waals surface area (Å²) < 4.78 is 1.97. The average molecular weight is 280 g/mol. The molecule has 0 saturated carbocycles. The topological polar surface area (TPSA) is 68.5 Å². The minimum Gasteiger partial charge on any atom is -0.380 e. The first-order valence-electron chi connectivity index (χ1n) is 6.04. The number of hydrogen-bond donors (Lipinski definition) is 1. The van der Waals surface area contributed by atoms with E-state index in [1.807, 2.05) is 4.35 Å². The van der Waals surface area contributed by atoms with Crippen LogP contribution < -0.4 is 4.98 Å². The first-order chi connectivity index (χ1) is 8.17. The molecule has 2 rings (SSSR count). The summed E-state index contributed by atoms with van der Waals surface area (Å²) in [6, 6.07) is 0. The second-order valence-corrected chi connectivity index (χ2v) is 16.0. The highest BCUT2D eigenvalue weighted by Gasteiger charge is 2.23. The summed E-state index contributed by atoms with van der Waals surface area (Å²) in [7, 11) is -3.03. The fourth-order valence-electron chi connectivity index (χ4n) is 1.58. The molecule has 18 heavy (non-hydrogen) atoms. The molecule has 0 spiro atoms. The normalized spacial score (nSPS) is 13.0. The van der Waals surface area contributed by atoms with E-state index in [-0.39, 0.29) is 0 Å². The van der Waals surface area contributed by atoms with Gasteiger partial charge in [-0.05, 0) is 19.6 Å². The molecule has 8 heteroatoms. The summed E-state index contributed by atoms with van der Waals surface area (Å²) in [5.41, 5.74) is 1.60. The Kier molecular flexibility index (Phi) is 3.02. The van der Waals surface area contributed by atoms with Gasteiger partial charge in [-0.15, -0.1) is 5.10 Å². The number of hydrogen-bond acceptors (Lipinski definition) is 5. The fourth-order valence-corrected chi connectivity index (χ4v) is 3.48. The SMILES string of the molecule is C[Si](C)(C)Nc1ncc2nnn([Si](C)(C)C)c2n1. The largest absolute Gasteiger partial charge is 0.380 e. The van der Waals surface area contributed by atoms with E-state index in [0.29, 0.717) is 5.95 Å². The summed E-state index contributed by atoms with van der Waals surface area (Å²) in [6.07, 6.45) is 1.74. The highest BCUT2D eigenvalue weighted by Crippen LogP contribution is 2.15. The van der Waals surface area contributed by atoms with Gasteiger partial charge in [0.25, 0.3) is 0 Å². The highest BCUT2D eigenvalue weighted by atomic mass is 28.3. The molecule has 0 aromatic carbocycles. The summed E-state index contributed by atoms with van der Waals surface area (Å²) in [5.74, 6) is 0.684. The Morgan fingerprint density at radius 2 is 1.78 bits per heavy atom. The third-order valence-corrected chi connectivity index (χ3v) is 4.86. The lowest BCUT2D eigenvalue weighted by Crippen LogP contribution is -2.34. The Morgan fingerprint density at radius 1 is 1.11 bits per heavy atom. The van der Waals surface area contributed by atoms with Crippen molar-refractivity contribution in [1.29, 1.82) is 0 Å². The number of fused-ring (bicyclic) bond motifs is 1. The molecule has 2 aromatic rings. The molecule has 0 aliphatic carbocycles. The van der Waals surface area contributed by atoms with Crippen LogP contribution in [0.2, 0.25) is 39.3 Å². The molecule has 98 valence electrons. The van der Waals surface area contributed by atoms with Crippen LogP contribution in [0.15, 0.2) is 6.20 Å². The summed E-state index contributed by atoms with van der Waals surface area (Å²) in [6.45, 7) is 13.3. The Bertz CT molecular complexity index is 566. The first kappa shape index (κ1) is 13.2. The van der Waals surface area contributed by atoms with Crippen molar-refractivity contribution in [2.75, 3.05) is 4.98 Å². The quantitative estimate of drug-likeness (QED) is 0.873. The number of aromatic nitrogens is 5. The van der Waals surface area contributed by atoms with E-state index < -0.39 is 16.5 Å². The van der Waals surface area contributed by atoms with Gasteiger partial charge in [0.1, 0.15) is 13.8 Å². The summed E-state index contributed by atoms with van der Waals surface area (Å²) in [4.78, 5) is 12.3. The number of rotatable bonds is 3. The molecule has 0 unspecified atom stereocenters. The zero-order chi connectivity index (χ0) is 13.6. The van der Waals surface area contributed by atoms with Gasteiger partial charge >= 0.3 is 0 Å². The predicted octanol–water partition coefficient (Wildman–Crippen LogP) is 2.15. The minimum atomic E-state index is -1.59. The van der Waals surface area contributed by atoms with Crippen molar-refractivity contribution >= 4 is 33.6 Å². The van der Waals surface area contributed by atoms with Crippen molar-refractivity contribution in [3.8, 4) is 0 Å². The molecule has 6 nitrogen and oxygen atoms in total. The van der Waals surface area contributed by atoms with Crippen molar-refractivity contribution < 1.29 is 0 Å². The van der Waals surface area contributed by atoms with Gasteiger partial charge in [0.05, 0.1) is 6.20 Å². The lowest BCUT2D eigenvalue weighted by atomic mass is 10.6. The predicted molar refractivity (Wildman–Crippen MR) is 78.8 cm³/mol. The molecule has 2 heterocycles. The van der Waals surface area contributed by atoms with E-state index >= 15 is 0 Å². The van der Waals surface area contributed by atoms with E-state index in [1.165, 1.54) is 0 Å². The van der Waals surface area contributed by atoms with Crippen LogP contribution in [0, 0.1) is 0 Å². The van der Waals surface area contributed by atoms with Crippen LogP contribution in [-0.4, -0.2) is 41.1 Å². The summed E-state index contributed by atoms with van der Waals surface area (Å²) >= 11 is 0. The Hall–Kier alpha value is -1.29. The molecule has 2 aromatic heterocycles. The second-order valence-electron chi connectivity index (χ2n) is 6.45. The van der Waals surface area contributed by atoms with Crippen LogP contribution in [0.3, 0.4) is 0 Å². The highest BCUT2D eigenvalue weighted by molar-refractivity contribution is 6.79. The third kappa shape index (κ3) is 2.75. The van der Waals surface area contributed by atoms with Gasteiger partial charge in [0.2, 0.25) is 5.95 Å². The van der Waals surface area contributed by atoms with Gasteiger partial charge in [-0.1, -0.05) is 24.9 Å². The van der Waals surface area contributed by atoms with Crippen molar-refractivity contribution in [2.24, 2.45) is 0 Å². The van der Waals surface area contributed by atoms with Crippen molar-refractivity contribution in [2.45, 2.75) is 39.3 Å². The standard InChI is InChI=1S/C10H20N6Si2/c1-17(2,3)14-10-11-7-8-9(12-10)16(15-13-8)18(4,5)6/h7H,1-6H3,(H,11,12,14). The molecule has 0 saturated heterocycles. The van der Waals surface area contributed by atoms with Crippen molar-refractivity contribution in [3.63, 3.8) is 0 Å². The van der Waals surface area contributed by atoms with Crippen molar-refractivity contribution in [1.82, 2.24) is 24.6 Å². The molecule has 0 radical (unpaired) electrons. The fraction of sp³-hybridized carbons (Fsp3) is 0.600. The molecular weight excluding hydrogens is 260 g/mol. The molecule has 1 N–H and O–H groups in total. The van der Waals surface area contributed by atoms with Crippen LogP contribution in [0.4, 0.5) is 5.95 Å². The Balaban J connectivity index is 2.49. The monoisotopic (exact) mass is 280 g/mol. The van der Waals surface area contributed by atoms with Gasteiger partial charge in [0.15, 0.2) is 13.9 Å². The first-order valence-corrected chi connectivity index (χ1v) is 13.0. The van der Waals surface area contributed by atoms with Gasteiger partial charge in [0, 0.05) is 0 Å². The van der Waals surface area contributed by atoms with Crippen LogP contribution in [-0.2, 0) is 0 Å². The van der Waals surface area contributed by atoms with Gasteiger partial charge in [-0.25, -0.2) is 4.98 Å². The zero-order valence-corrected chi connectivity index (χ0v) is 13.8. The molecule has 0 bridgehead atoms. The van der Waals surface area contributed by atoms with Crippen molar-refractivity contribution in [3.05, 3.63) is 6.20 Å². The lowest BCUT2D eigenvalue weighted by Gasteiger charge is -2.19. The number of nitrogens with zero attached hydrogens (tertiary/aromatic N) is 5. The summed E-state index contributed by atoms with van der Waals surface area (Å²) in [5, 5.41) is 8.34. The zero-order valence-electron chi connectivity index (χ0n) is 11.8. The molecular formula is C10H20N6Si2. The maximum Gasteiger partial charge on any atom is 0.216 e. The van der Waals surface area contributed by atoms with Gasteiger partial charge in [-0.3, -0.25) is 4.35 Å². The van der Waals surface area contributed by atoms with E-state index in [2.05, 4.69) is 64.5 Å². The van der Waals surface area contributed by atoms with E-state index in [9.17, 15) is 0 Å². The Labute approximate surface area is 109 Å². The van der Waals surface area contributed by atoms with Crippen LogP contribution in [0.5, 0.6) is 0 Å². The van der Waals surface area contributed by atoms with Gasteiger partial charge < -0.3 is 4.98 Å². The molecule has 0 amide bonds. The lowest BCUT2D eigenvalue weighted by molar-refractivity contribution is 0.856. The molecule has 0 fully saturated rings. The molecule has 0 atom stereocenters. The van der Waals surface area contributed by atoms with E-state index in [1.54, 1.807) is 6.20 Å². The van der Waals surface area contributed by atoms with Gasteiger partial charge in [-0.2, -0.15) is 4.98 Å². The van der Waals surface area contributed by atoms with E-state index in [4.69, 9.17) is 0 Å². The second kappa shape index (κ2) is 4.13. The minimum absolute atomic E-state index is 0.684. The van der Waals surface area contributed by atoms with Crippen LogP contribution in [0.25, 0.3) is 11.2 Å². The maximum absolute atomic E-state index is 4.57. The average Bonchev–Trinajstić information content (AvgIpc) is 2.56. The third-order valence-electron chi connectivity index (χ3n) is 2.31. The molecule has 0 aliphatic heterocycles. The Morgan fingerprint density at radius 3 is 2.33 bits per heavy atom. The number of nitrogens with one attached hydrogen (secondary N) is 1.